The molecule has 2 rings (SSSR count). The third kappa shape index (κ3) is 3.70. The number of hydrogen-bond donors (Lipinski definition) is 0. The fourth-order valence-electron chi connectivity index (χ4n) is 2.26. The van der Waals surface area contributed by atoms with Crippen LogP contribution in [0.1, 0.15) is 19.4 Å². The number of ketones is 1. The molecule has 0 N–H and O–H groups in total. The highest BCUT2D eigenvalue weighted by Crippen LogP contribution is 2.27. The van der Waals surface area contributed by atoms with Gasteiger partial charge >= 0.3 is 0 Å². The molecular formula is C17H19BrN2O. The van der Waals surface area contributed by atoms with Gasteiger partial charge in [-0.2, -0.15) is 0 Å². The first-order valence-corrected chi connectivity index (χ1v) is 7.88. The van der Waals surface area contributed by atoms with Gasteiger partial charge in [0.15, 0.2) is 5.78 Å². The summed E-state index contributed by atoms with van der Waals surface area (Å²) in [6, 6.07) is 6.27. The zero-order valence-electron chi connectivity index (χ0n) is 12.6. The molecule has 3 nitrogen and oxygen atoms in total. The van der Waals surface area contributed by atoms with Gasteiger partial charge < -0.3 is 4.90 Å². The van der Waals surface area contributed by atoms with E-state index in [0.29, 0.717) is 0 Å². The summed E-state index contributed by atoms with van der Waals surface area (Å²) in [5.74, 6) is -0.0190. The van der Waals surface area contributed by atoms with Crippen molar-refractivity contribution in [2.75, 3.05) is 18.0 Å². The van der Waals surface area contributed by atoms with Gasteiger partial charge in [-0.25, -0.2) is 4.99 Å². The molecule has 0 heterocycles. The van der Waals surface area contributed by atoms with E-state index in [0.717, 1.165) is 34.5 Å². The fraction of sp³-hybridized carbons (Fsp3) is 0.294. The molecular weight excluding hydrogens is 328 g/mol. The Bertz CT molecular complexity index is 640. The molecule has 0 saturated carbocycles. The number of aryl methyl sites for hydroxylation is 1. The van der Waals surface area contributed by atoms with Crippen LogP contribution in [0.3, 0.4) is 0 Å². The fourth-order valence-corrected chi connectivity index (χ4v) is 2.71. The molecule has 0 radical (unpaired) electrons. The van der Waals surface area contributed by atoms with Gasteiger partial charge in [-0.05, 0) is 72.6 Å². The summed E-state index contributed by atoms with van der Waals surface area (Å²) in [5.41, 5.74) is 4.03. The van der Waals surface area contributed by atoms with Crippen LogP contribution in [0, 0.1) is 6.92 Å². The number of halogens is 1. The van der Waals surface area contributed by atoms with Crippen molar-refractivity contribution in [2.24, 2.45) is 4.99 Å². The number of carbonyl (C=O) groups is 1. The first kappa shape index (κ1) is 15.7. The van der Waals surface area contributed by atoms with Gasteiger partial charge in [0.25, 0.3) is 0 Å². The SMILES string of the molecule is CCN(CC)c1ccc(N=C2C=CC(=O)C=C2Br)c(C)c1. The number of aliphatic imine (C=N–C) groups is 1. The van der Waals surface area contributed by atoms with Gasteiger partial charge in [-0.15, -0.1) is 0 Å². The van der Waals surface area contributed by atoms with Crippen LogP contribution in [-0.4, -0.2) is 24.6 Å². The van der Waals surface area contributed by atoms with E-state index in [1.807, 2.05) is 6.07 Å². The van der Waals surface area contributed by atoms with E-state index >= 15 is 0 Å². The Morgan fingerprint density at radius 3 is 2.48 bits per heavy atom. The van der Waals surface area contributed by atoms with E-state index < -0.39 is 0 Å². The summed E-state index contributed by atoms with van der Waals surface area (Å²) in [4.78, 5) is 18.2. The maximum atomic E-state index is 11.3. The molecule has 0 bridgehead atoms. The Labute approximate surface area is 134 Å². The predicted octanol–water partition coefficient (Wildman–Crippen LogP) is 4.33. The number of hydrogen-bond acceptors (Lipinski definition) is 3. The molecule has 0 amide bonds. The molecule has 1 aromatic rings. The van der Waals surface area contributed by atoms with Crippen LogP contribution in [0.15, 0.2) is 45.9 Å². The van der Waals surface area contributed by atoms with E-state index in [1.54, 1.807) is 12.2 Å². The van der Waals surface area contributed by atoms with Crippen molar-refractivity contribution in [2.45, 2.75) is 20.8 Å². The molecule has 0 atom stereocenters. The number of nitrogens with zero attached hydrogens (tertiary/aromatic N) is 2. The quantitative estimate of drug-likeness (QED) is 0.760. The molecule has 0 unspecified atom stereocenters. The van der Waals surface area contributed by atoms with Crippen LogP contribution in [0.4, 0.5) is 11.4 Å². The van der Waals surface area contributed by atoms with E-state index in [4.69, 9.17) is 0 Å². The van der Waals surface area contributed by atoms with Gasteiger partial charge in [0.1, 0.15) is 0 Å². The van der Waals surface area contributed by atoms with Crippen molar-refractivity contribution >= 4 is 38.8 Å². The lowest BCUT2D eigenvalue weighted by Crippen LogP contribution is -2.21. The average molecular weight is 347 g/mol. The Kier molecular flexibility index (Phi) is 5.12. The molecule has 1 aromatic carbocycles. The van der Waals surface area contributed by atoms with Crippen LogP contribution in [-0.2, 0) is 4.79 Å². The van der Waals surface area contributed by atoms with Crippen molar-refractivity contribution in [3.8, 4) is 0 Å². The molecule has 0 aliphatic heterocycles. The first-order chi connectivity index (χ1) is 10.0. The summed E-state index contributed by atoms with van der Waals surface area (Å²) < 4.78 is 0.724. The Morgan fingerprint density at radius 1 is 1.19 bits per heavy atom. The average Bonchev–Trinajstić information content (AvgIpc) is 2.45. The molecule has 1 aliphatic carbocycles. The first-order valence-electron chi connectivity index (χ1n) is 7.09. The minimum absolute atomic E-state index is 0.0190. The van der Waals surface area contributed by atoms with E-state index in [1.165, 1.54) is 11.8 Å². The van der Waals surface area contributed by atoms with Gasteiger partial charge in [-0.1, -0.05) is 0 Å². The highest BCUT2D eigenvalue weighted by molar-refractivity contribution is 9.12. The van der Waals surface area contributed by atoms with Gasteiger partial charge in [0.2, 0.25) is 0 Å². The van der Waals surface area contributed by atoms with Crippen molar-refractivity contribution < 1.29 is 4.79 Å². The van der Waals surface area contributed by atoms with E-state index in [9.17, 15) is 4.79 Å². The van der Waals surface area contributed by atoms with Crippen molar-refractivity contribution in [3.05, 3.63) is 46.5 Å². The molecule has 0 fully saturated rings. The molecule has 0 saturated heterocycles. The van der Waals surface area contributed by atoms with Gasteiger partial charge in [0, 0.05) is 29.3 Å². The summed E-state index contributed by atoms with van der Waals surface area (Å²) in [7, 11) is 0. The highest BCUT2D eigenvalue weighted by atomic mass is 79.9. The summed E-state index contributed by atoms with van der Waals surface area (Å²) >= 11 is 3.39. The lowest BCUT2D eigenvalue weighted by molar-refractivity contribution is -0.110. The number of anilines is 1. The van der Waals surface area contributed by atoms with E-state index in [-0.39, 0.29) is 5.78 Å². The maximum Gasteiger partial charge on any atom is 0.179 e. The van der Waals surface area contributed by atoms with Crippen LogP contribution in [0.2, 0.25) is 0 Å². The predicted molar refractivity (Wildman–Crippen MR) is 93.0 cm³/mol. The van der Waals surface area contributed by atoms with Gasteiger partial charge in [0.05, 0.1) is 11.4 Å². The monoisotopic (exact) mass is 346 g/mol. The molecule has 21 heavy (non-hydrogen) atoms. The lowest BCUT2D eigenvalue weighted by atomic mass is 10.1. The van der Waals surface area contributed by atoms with Crippen LogP contribution in [0.25, 0.3) is 0 Å². The third-order valence-corrected chi connectivity index (χ3v) is 4.10. The third-order valence-electron chi connectivity index (χ3n) is 3.47. The van der Waals surface area contributed by atoms with Crippen LogP contribution < -0.4 is 4.90 Å². The summed E-state index contributed by atoms with van der Waals surface area (Å²) in [6.45, 7) is 8.34. The van der Waals surface area contributed by atoms with E-state index in [2.05, 4.69) is 58.7 Å². The molecule has 4 heteroatoms. The van der Waals surface area contributed by atoms with Crippen molar-refractivity contribution in [1.29, 1.82) is 0 Å². The highest BCUT2D eigenvalue weighted by Gasteiger charge is 2.10. The number of rotatable bonds is 4. The zero-order chi connectivity index (χ0) is 15.4. The Balaban J connectivity index is 2.32. The second-order valence-corrected chi connectivity index (χ2v) is 5.72. The minimum Gasteiger partial charge on any atom is -0.372 e. The maximum absolute atomic E-state index is 11.3. The summed E-state index contributed by atoms with van der Waals surface area (Å²) in [6.07, 6.45) is 4.81. The number of benzene rings is 1. The Morgan fingerprint density at radius 2 is 1.90 bits per heavy atom. The second-order valence-electron chi connectivity index (χ2n) is 4.87. The largest absolute Gasteiger partial charge is 0.372 e. The second kappa shape index (κ2) is 6.85. The normalized spacial score (nSPS) is 16.3. The Hall–Kier alpha value is -1.68. The van der Waals surface area contributed by atoms with Crippen LogP contribution in [0.5, 0.6) is 0 Å². The van der Waals surface area contributed by atoms with Crippen molar-refractivity contribution in [3.63, 3.8) is 0 Å². The van der Waals surface area contributed by atoms with Crippen molar-refractivity contribution in [1.82, 2.24) is 0 Å². The van der Waals surface area contributed by atoms with Crippen LogP contribution >= 0.6 is 15.9 Å². The number of allylic oxidation sites excluding steroid dienone is 4. The lowest BCUT2D eigenvalue weighted by Gasteiger charge is -2.21. The molecule has 1 aliphatic rings. The smallest absolute Gasteiger partial charge is 0.179 e. The molecule has 110 valence electrons. The zero-order valence-corrected chi connectivity index (χ0v) is 14.1. The minimum atomic E-state index is -0.0190. The standard InChI is InChI=1S/C17H19BrN2O/c1-4-20(5-2)13-6-8-16(12(3)10-13)19-17-9-7-14(21)11-15(17)18/h6-11H,4-5H2,1-3H3. The topological polar surface area (TPSA) is 32.7 Å². The number of carbonyl (C=O) groups excluding carboxylic acids is 1. The molecule has 0 aromatic heterocycles. The van der Waals surface area contributed by atoms with Gasteiger partial charge in [-0.3, -0.25) is 4.79 Å². The molecule has 0 spiro atoms. The summed E-state index contributed by atoms with van der Waals surface area (Å²) in [5, 5.41) is 0.